The van der Waals surface area contributed by atoms with Gasteiger partial charge in [0.1, 0.15) is 5.76 Å². The van der Waals surface area contributed by atoms with Gasteiger partial charge in [0.2, 0.25) is 0 Å². The lowest BCUT2D eigenvalue weighted by molar-refractivity contribution is -0.157. The number of carboxylic acids is 1. The molecule has 0 radical (unpaired) electrons. The third-order valence-electron chi connectivity index (χ3n) is 3.99. The highest BCUT2D eigenvalue weighted by Crippen LogP contribution is 2.53. The average Bonchev–Trinajstić information content (AvgIpc) is 2.27. The van der Waals surface area contributed by atoms with Crippen molar-refractivity contribution in [2.75, 3.05) is 0 Å². The van der Waals surface area contributed by atoms with Crippen LogP contribution in [0.3, 0.4) is 0 Å². The fraction of sp³-hybridized carbons (Fsp3) is 0.357. The molecule has 0 saturated heterocycles. The summed E-state index contributed by atoms with van der Waals surface area (Å²) >= 11 is 0. The summed E-state index contributed by atoms with van der Waals surface area (Å²) < 4.78 is 5.42. The molecule has 3 heteroatoms. The van der Waals surface area contributed by atoms with E-state index in [0.29, 0.717) is 0 Å². The van der Waals surface area contributed by atoms with Crippen LogP contribution in [0.1, 0.15) is 19.3 Å². The predicted octanol–water partition coefficient (Wildman–Crippen LogP) is 2.78. The third kappa shape index (κ3) is 1.38. The quantitative estimate of drug-likeness (QED) is 0.793. The van der Waals surface area contributed by atoms with Gasteiger partial charge in [-0.1, -0.05) is 24.6 Å². The van der Waals surface area contributed by atoms with Crippen molar-refractivity contribution < 1.29 is 14.6 Å². The molecular weight excluding hydrogens is 216 g/mol. The first-order chi connectivity index (χ1) is 8.24. The number of ether oxygens (including phenoxy) is 1. The summed E-state index contributed by atoms with van der Waals surface area (Å²) in [5.74, 6) is 0.0429. The van der Waals surface area contributed by atoms with Crippen LogP contribution in [-0.4, -0.2) is 11.1 Å². The second kappa shape index (κ2) is 3.62. The van der Waals surface area contributed by atoms with Crippen LogP contribution in [0.4, 0.5) is 0 Å². The van der Waals surface area contributed by atoms with Crippen LogP contribution in [0, 0.1) is 11.3 Å². The maximum atomic E-state index is 11.5. The molecular formula is C14H14O3. The van der Waals surface area contributed by atoms with Gasteiger partial charge < -0.3 is 9.84 Å². The molecule has 17 heavy (non-hydrogen) atoms. The van der Waals surface area contributed by atoms with Crippen LogP contribution in [-0.2, 0) is 9.53 Å². The Labute approximate surface area is 99.8 Å². The number of carboxylic acid groups (broad SMARTS) is 1. The topological polar surface area (TPSA) is 46.5 Å². The zero-order valence-corrected chi connectivity index (χ0v) is 9.43. The maximum absolute atomic E-state index is 11.5. The Morgan fingerprint density at radius 2 is 2.18 bits per heavy atom. The number of fused-ring (bicyclic) bond motifs is 1. The second-order valence-electron chi connectivity index (χ2n) is 4.78. The molecule has 88 valence electrons. The van der Waals surface area contributed by atoms with Gasteiger partial charge in [-0.05, 0) is 25.0 Å². The molecule has 0 aromatic carbocycles. The molecule has 1 fully saturated rings. The smallest absolute Gasteiger partial charge is 0.310 e. The maximum Gasteiger partial charge on any atom is 0.310 e. The zero-order chi connectivity index (χ0) is 11.9. The highest BCUT2D eigenvalue weighted by atomic mass is 16.5. The molecule has 1 unspecified atom stereocenters. The van der Waals surface area contributed by atoms with Crippen molar-refractivity contribution in [3.63, 3.8) is 0 Å². The van der Waals surface area contributed by atoms with Crippen LogP contribution in [0.15, 0.2) is 48.0 Å². The first-order valence-electron chi connectivity index (χ1n) is 5.90. The van der Waals surface area contributed by atoms with Gasteiger partial charge in [0.15, 0.2) is 0 Å². The van der Waals surface area contributed by atoms with Crippen LogP contribution < -0.4 is 0 Å². The van der Waals surface area contributed by atoms with Gasteiger partial charge in [-0.15, -0.1) is 0 Å². The minimum atomic E-state index is -0.685. The molecule has 0 amide bonds. The zero-order valence-electron chi connectivity index (χ0n) is 9.43. The molecule has 1 aliphatic heterocycles. The van der Waals surface area contributed by atoms with Crippen molar-refractivity contribution in [3.8, 4) is 0 Å². The van der Waals surface area contributed by atoms with Gasteiger partial charge in [0, 0.05) is 11.5 Å². The number of aliphatic carboxylic acids is 1. The van der Waals surface area contributed by atoms with Crippen molar-refractivity contribution in [1.82, 2.24) is 0 Å². The standard InChI is InChI=1S/C14H14O3/c15-13(16)14(7-3-8-14)11-5-1-6-12-10(11)4-2-9-17-12/h1-2,4-6,9,11H,3,7-8H2,(H,15,16). The molecule has 1 atom stereocenters. The van der Waals surface area contributed by atoms with Gasteiger partial charge in [0.25, 0.3) is 0 Å². The summed E-state index contributed by atoms with van der Waals surface area (Å²) in [5, 5.41) is 9.49. The first kappa shape index (κ1) is 10.4. The summed E-state index contributed by atoms with van der Waals surface area (Å²) in [7, 11) is 0. The number of allylic oxidation sites excluding steroid dienone is 6. The van der Waals surface area contributed by atoms with E-state index in [1.165, 1.54) is 0 Å². The number of carbonyl (C=O) groups is 1. The average molecular weight is 230 g/mol. The van der Waals surface area contributed by atoms with Gasteiger partial charge in [-0.2, -0.15) is 0 Å². The molecule has 1 heterocycles. The molecule has 0 aromatic heterocycles. The van der Waals surface area contributed by atoms with Gasteiger partial charge in [-0.3, -0.25) is 4.79 Å². The third-order valence-corrected chi connectivity index (χ3v) is 3.99. The number of hydrogen-bond acceptors (Lipinski definition) is 2. The highest BCUT2D eigenvalue weighted by molar-refractivity contribution is 5.78. The SMILES string of the molecule is O=C(O)C1(C2C=CC=C3OC=CC=C32)CCC1. The Bertz CT molecular complexity index is 476. The van der Waals surface area contributed by atoms with E-state index < -0.39 is 11.4 Å². The van der Waals surface area contributed by atoms with E-state index in [1.807, 2.05) is 30.4 Å². The Morgan fingerprint density at radius 1 is 1.35 bits per heavy atom. The molecule has 0 bridgehead atoms. The molecule has 0 aromatic rings. The molecule has 1 N–H and O–H groups in total. The predicted molar refractivity (Wildman–Crippen MR) is 62.9 cm³/mol. The van der Waals surface area contributed by atoms with Crippen molar-refractivity contribution in [3.05, 3.63) is 48.0 Å². The number of rotatable bonds is 2. The van der Waals surface area contributed by atoms with Crippen molar-refractivity contribution >= 4 is 5.97 Å². The lowest BCUT2D eigenvalue weighted by Gasteiger charge is -2.45. The molecule has 2 aliphatic carbocycles. The fourth-order valence-electron chi connectivity index (χ4n) is 2.85. The highest BCUT2D eigenvalue weighted by Gasteiger charge is 2.51. The summed E-state index contributed by atoms with van der Waals surface area (Å²) in [6, 6.07) is 0. The molecule has 3 aliphatic rings. The molecule has 1 saturated carbocycles. The van der Waals surface area contributed by atoms with E-state index in [-0.39, 0.29) is 5.92 Å². The lowest BCUT2D eigenvalue weighted by Crippen LogP contribution is -2.45. The second-order valence-corrected chi connectivity index (χ2v) is 4.78. The lowest BCUT2D eigenvalue weighted by atomic mass is 9.58. The van der Waals surface area contributed by atoms with Crippen molar-refractivity contribution in [2.45, 2.75) is 19.3 Å². The summed E-state index contributed by atoms with van der Waals surface area (Å²) in [4.78, 5) is 11.5. The fourth-order valence-corrected chi connectivity index (χ4v) is 2.85. The molecule has 3 nitrogen and oxygen atoms in total. The van der Waals surface area contributed by atoms with Crippen molar-refractivity contribution in [1.29, 1.82) is 0 Å². The Morgan fingerprint density at radius 3 is 2.82 bits per heavy atom. The number of hydrogen-bond donors (Lipinski definition) is 1. The Kier molecular flexibility index (Phi) is 2.21. The van der Waals surface area contributed by atoms with Crippen LogP contribution in [0.2, 0.25) is 0 Å². The van der Waals surface area contributed by atoms with Crippen molar-refractivity contribution in [2.24, 2.45) is 11.3 Å². The first-order valence-corrected chi connectivity index (χ1v) is 5.90. The Balaban J connectivity index is 2.01. The monoisotopic (exact) mass is 230 g/mol. The van der Waals surface area contributed by atoms with Crippen LogP contribution in [0.25, 0.3) is 0 Å². The van der Waals surface area contributed by atoms with E-state index in [1.54, 1.807) is 6.26 Å². The van der Waals surface area contributed by atoms with E-state index in [4.69, 9.17) is 4.74 Å². The van der Waals surface area contributed by atoms with Crippen LogP contribution in [0.5, 0.6) is 0 Å². The van der Waals surface area contributed by atoms with Gasteiger partial charge in [-0.25, -0.2) is 0 Å². The summed E-state index contributed by atoms with van der Waals surface area (Å²) in [6.07, 6.45) is 13.7. The largest absolute Gasteiger partial charge is 0.481 e. The Hall–Kier alpha value is -1.77. The summed E-state index contributed by atoms with van der Waals surface area (Å²) in [5.41, 5.74) is 0.383. The minimum absolute atomic E-state index is 0.0568. The molecule has 0 spiro atoms. The summed E-state index contributed by atoms with van der Waals surface area (Å²) in [6.45, 7) is 0. The normalized spacial score (nSPS) is 28.4. The van der Waals surface area contributed by atoms with Gasteiger partial charge >= 0.3 is 5.97 Å². The van der Waals surface area contributed by atoms with E-state index in [9.17, 15) is 9.90 Å². The van der Waals surface area contributed by atoms with Crippen LogP contribution >= 0.6 is 0 Å². The minimum Gasteiger partial charge on any atom is -0.481 e. The molecule has 3 rings (SSSR count). The van der Waals surface area contributed by atoms with E-state index >= 15 is 0 Å². The van der Waals surface area contributed by atoms with Gasteiger partial charge in [0.05, 0.1) is 11.7 Å². The van der Waals surface area contributed by atoms with E-state index in [0.717, 1.165) is 30.6 Å². The van der Waals surface area contributed by atoms with E-state index in [2.05, 4.69) is 0 Å².